The Bertz CT molecular complexity index is 615. The highest BCUT2D eigenvalue weighted by Crippen LogP contribution is 2.15. The topological polar surface area (TPSA) is 54.9 Å². The van der Waals surface area contributed by atoms with Crippen LogP contribution in [0.5, 0.6) is 0 Å². The molecule has 0 amide bonds. The van der Waals surface area contributed by atoms with E-state index in [1.54, 1.807) is 0 Å². The second-order valence-electron chi connectivity index (χ2n) is 4.18. The molecule has 0 saturated carbocycles. The van der Waals surface area contributed by atoms with Crippen molar-refractivity contribution in [3.63, 3.8) is 0 Å². The molecule has 4 nitrogen and oxygen atoms in total. The summed E-state index contributed by atoms with van der Waals surface area (Å²) in [5.74, 6) is 0.0752. The summed E-state index contributed by atoms with van der Waals surface area (Å²) in [7, 11) is 0. The number of hydrogen-bond acceptors (Lipinski definition) is 2. The van der Waals surface area contributed by atoms with E-state index in [0.717, 1.165) is 10.1 Å². The molecule has 0 aliphatic carbocycles. The molecule has 0 aliphatic rings. The molecular formula is C13H13ClN2O2. The molecule has 0 radical (unpaired) electrons. The Hall–Kier alpha value is -1.81. The highest BCUT2D eigenvalue weighted by Gasteiger charge is 2.10. The molecule has 1 N–H and O–H groups in total. The zero-order valence-electron chi connectivity index (χ0n) is 9.89. The molecule has 5 heteroatoms. The van der Waals surface area contributed by atoms with Gasteiger partial charge in [-0.1, -0.05) is 48.9 Å². The maximum absolute atomic E-state index is 11.7. The molecule has 2 aromatic rings. The number of aromatic amines is 1. The van der Waals surface area contributed by atoms with Crippen molar-refractivity contribution in [2.24, 2.45) is 0 Å². The monoisotopic (exact) mass is 264 g/mol. The van der Waals surface area contributed by atoms with Crippen molar-refractivity contribution < 1.29 is 0 Å². The summed E-state index contributed by atoms with van der Waals surface area (Å²) >= 11 is 5.61. The summed E-state index contributed by atoms with van der Waals surface area (Å²) in [6.07, 6.45) is 0. The van der Waals surface area contributed by atoms with Gasteiger partial charge in [-0.05, 0) is 11.5 Å². The van der Waals surface area contributed by atoms with E-state index in [1.807, 2.05) is 37.3 Å². The summed E-state index contributed by atoms with van der Waals surface area (Å²) in [4.78, 5) is 25.7. The molecule has 0 aliphatic heterocycles. The van der Waals surface area contributed by atoms with Crippen molar-refractivity contribution in [2.75, 3.05) is 0 Å². The van der Waals surface area contributed by atoms with Crippen LogP contribution in [0.1, 0.15) is 18.4 Å². The fourth-order valence-corrected chi connectivity index (χ4v) is 2.00. The minimum Gasteiger partial charge on any atom is -0.298 e. The maximum Gasteiger partial charge on any atom is 0.329 e. The standard InChI is InChI=1S/C13H13ClN2O2/c1-9(10-5-3-2-4-6-10)8-16-12(17)7-11(14)15-13(16)18/h2-7,9H,8H2,1H3,(H,15,18). The number of rotatable bonds is 3. The molecular weight excluding hydrogens is 252 g/mol. The number of H-pyrrole nitrogens is 1. The van der Waals surface area contributed by atoms with Gasteiger partial charge >= 0.3 is 5.69 Å². The Balaban J connectivity index is 2.31. The van der Waals surface area contributed by atoms with Crippen LogP contribution in [0.2, 0.25) is 5.15 Å². The van der Waals surface area contributed by atoms with Crippen LogP contribution in [-0.4, -0.2) is 9.55 Å². The van der Waals surface area contributed by atoms with Crippen LogP contribution in [-0.2, 0) is 6.54 Å². The number of nitrogens with zero attached hydrogens (tertiary/aromatic N) is 1. The maximum atomic E-state index is 11.7. The first kappa shape index (κ1) is 12.6. The Morgan fingerprint density at radius 3 is 2.56 bits per heavy atom. The SMILES string of the molecule is CC(Cn1c(=O)cc(Cl)[nH]c1=O)c1ccccc1. The lowest BCUT2D eigenvalue weighted by Crippen LogP contribution is -2.35. The Morgan fingerprint density at radius 2 is 1.94 bits per heavy atom. The number of halogens is 1. The van der Waals surface area contributed by atoms with Gasteiger partial charge in [0.2, 0.25) is 0 Å². The van der Waals surface area contributed by atoms with E-state index in [-0.39, 0.29) is 16.6 Å². The minimum absolute atomic E-state index is 0.0635. The molecule has 2 rings (SSSR count). The molecule has 0 bridgehead atoms. The van der Waals surface area contributed by atoms with E-state index in [1.165, 1.54) is 6.07 Å². The molecule has 1 unspecified atom stereocenters. The van der Waals surface area contributed by atoms with Crippen LogP contribution < -0.4 is 11.2 Å². The van der Waals surface area contributed by atoms with Crippen molar-refractivity contribution in [1.82, 2.24) is 9.55 Å². The molecule has 94 valence electrons. The van der Waals surface area contributed by atoms with E-state index in [4.69, 9.17) is 11.6 Å². The third-order valence-corrected chi connectivity index (χ3v) is 3.02. The fourth-order valence-electron chi connectivity index (χ4n) is 1.83. The lowest BCUT2D eigenvalue weighted by atomic mass is 10.0. The lowest BCUT2D eigenvalue weighted by Gasteiger charge is -2.12. The first-order chi connectivity index (χ1) is 8.58. The van der Waals surface area contributed by atoms with Crippen molar-refractivity contribution in [3.8, 4) is 0 Å². The van der Waals surface area contributed by atoms with Crippen molar-refractivity contribution in [2.45, 2.75) is 19.4 Å². The predicted molar refractivity (Wildman–Crippen MR) is 71.2 cm³/mol. The van der Waals surface area contributed by atoms with Gasteiger partial charge in [0.25, 0.3) is 5.56 Å². The average Bonchev–Trinajstić information content (AvgIpc) is 2.34. The van der Waals surface area contributed by atoms with Gasteiger partial charge in [-0.15, -0.1) is 0 Å². The quantitative estimate of drug-likeness (QED) is 0.862. The van der Waals surface area contributed by atoms with E-state index < -0.39 is 5.69 Å². The second-order valence-corrected chi connectivity index (χ2v) is 4.59. The third kappa shape index (κ3) is 2.71. The van der Waals surface area contributed by atoms with E-state index in [9.17, 15) is 9.59 Å². The molecule has 0 spiro atoms. The first-order valence-electron chi connectivity index (χ1n) is 5.62. The van der Waals surface area contributed by atoms with Gasteiger partial charge < -0.3 is 0 Å². The Morgan fingerprint density at radius 1 is 1.28 bits per heavy atom. The number of hydrogen-bond donors (Lipinski definition) is 1. The molecule has 18 heavy (non-hydrogen) atoms. The zero-order chi connectivity index (χ0) is 13.1. The van der Waals surface area contributed by atoms with Gasteiger partial charge in [-0.25, -0.2) is 4.79 Å². The van der Waals surface area contributed by atoms with Crippen molar-refractivity contribution in [3.05, 3.63) is 68.0 Å². The molecule has 1 atom stereocenters. The molecule has 1 aromatic heterocycles. The van der Waals surface area contributed by atoms with Crippen LogP contribution in [0.3, 0.4) is 0 Å². The van der Waals surface area contributed by atoms with Gasteiger partial charge in [0, 0.05) is 12.6 Å². The Kier molecular flexibility index (Phi) is 3.67. The summed E-state index contributed by atoms with van der Waals surface area (Å²) in [5, 5.41) is 0.0635. The van der Waals surface area contributed by atoms with Crippen LogP contribution in [0.15, 0.2) is 46.0 Å². The van der Waals surface area contributed by atoms with Gasteiger partial charge in [-0.2, -0.15) is 0 Å². The molecule has 0 fully saturated rings. The van der Waals surface area contributed by atoms with Crippen LogP contribution in [0.25, 0.3) is 0 Å². The van der Waals surface area contributed by atoms with Crippen LogP contribution in [0.4, 0.5) is 0 Å². The number of benzene rings is 1. The summed E-state index contributed by atoms with van der Waals surface area (Å²) in [6.45, 7) is 2.30. The average molecular weight is 265 g/mol. The summed E-state index contributed by atoms with van der Waals surface area (Å²) in [6, 6.07) is 10.9. The molecule has 1 heterocycles. The number of nitrogens with one attached hydrogen (secondary N) is 1. The van der Waals surface area contributed by atoms with Crippen LogP contribution >= 0.6 is 11.6 Å². The van der Waals surface area contributed by atoms with Crippen molar-refractivity contribution in [1.29, 1.82) is 0 Å². The summed E-state index contributed by atoms with van der Waals surface area (Å²) in [5.41, 5.74) is 0.223. The molecule has 0 saturated heterocycles. The smallest absolute Gasteiger partial charge is 0.298 e. The molecule has 1 aromatic carbocycles. The highest BCUT2D eigenvalue weighted by molar-refractivity contribution is 6.29. The lowest BCUT2D eigenvalue weighted by molar-refractivity contribution is 0.554. The zero-order valence-corrected chi connectivity index (χ0v) is 10.6. The normalized spacial score (nSPS) is 12.3. The van der Waals surface area contributed by atoms with Crippen LogP contribution in [0, 0.1) is 0 Å². The third-order valence-electron chi connectivity index (χ3n) is 2.81. The Labute approximate surface area is 109 Å². The van der Waals surface area contributed by atoms with E-state index in [2.05, 4.69) is 4.98 Å². The van der Waals surface area contributed by atoms with Gasteiger partial charge in [-0.3, -0.25) is 14.3 Å². The first-order valence-corrected chi connectivity index (χ1v) is 6.00. The predicted octanol–water partition coefficient (Wildman–Crippen LogP) is 1.99. The second kappa shape index (κ2) is 5.23. The van der Waals surface area contributed by atoms with Crippen molar-refractivity contribution >= 4 is 11.6 Å². The summed E-state index contributed by atoms with van der Waals surface area (Å²) < 4.78 is 1.16. The van der Waals surface area contributed by atoms with Gasteiger partial charge in [0.05, 0.1) is 0 Å². The fraction of sp³-hybridized carbons (Fsp3) is 0.231. The number of aromatic nitrogens is 2. The minimum atomic E-state index is -0.477. The van der Waals surface area contributed by atoms with Gasteiger partial charge in [0.1, 0.15) is 5.15 Å². The van der Waals surface area contributed by atoms with E-state index >= 15 is 0 Å². The largest absolute Gasteiger partial charge is 0.329 e. The highest BCUT2D eigenvalue weighted by atomic mass is 35.5. The van der Waals surface area contributed by atoms with Gasteiger partial charge in [0.15, 0.2) is 0 Å². The van der Waals surface area contributed by atoms with E-state index in [0.29, 0.717) is 6.54 Å².